The van der Waals surface area contributed by atoms with E-state index in [1.807, 2.05) is 20.8 Å². The van der Waals surface area contributed by atoms with Gasteiger partial charge in [0.05, 0.1) is 4.90 Å². The Morgan fingerprint density at radius 2 is 1.61 bits per heavy atom. The number of hydrogen-bond donors (Lipinski definition) is 0. The first-order chi connectivity index (χ1) is 10.7. The molecule has 1 aliphatic rings. The molecule has 1 fully saturated rings. The minimum absolute atomic E-state index is 0.0458. The van der Waals surface area contributed by atoms with Gasteiger partial charge in [-0.05, 0) is 49.9 Å². The lowest BCUT2D eigenvalue weighted by molar-refractivity contribution is 0.0827. The van der Waals surface area contributed by atoms with E-state index < -0.39 is 10.0 Å². The van der Waals surface area contributed by atoms with Crippen molar-refractivity contribution in [2.75, 3.05) is 14.1 Å². The maximum Gasteiger partial charge on any atom is 0.253 e. The molecule has 0 aromatic heterocycles. The second kappa shape index (κ2) is 6.61. The van der Waals surface area contributed by atoms with E-state index in [-0.39, 0.29) is 28.8 Å². The van der Waals surface area contributed by atoms with Crippen LogP contribution in [0.5, 0.6) is 0 Å². The molecule has 0 saturated heterocycles. The van der Waals surface area contributed by atoms with Gasteiger partial charge in [-0.3, -0.25) is 4.79 Å². The molecular weight excluding hydrogens is 312 g/mol. The second-order valence-electron chi connectivity index (χ2n) is 6.77. The van der Waals surface area contributed by atoms with Gasteiger partial charge in [0.2, 0.25) is 10.0 Å². The molecule has 1 saturated carbocycles. The Balaban J connectivity index is 2.33. The Hall–Kier alpha value is -1.40. The van der Waals surface area contributed by atoms with E-state index in [1.165, 1.54) is 17.0 Å². The summed E-state index contributed by atoms with van der Waals surface area (Å²) in [4.78, 5) is 13.7. The van der Waals surface area contributed by atoms with Crippen LogP contribution in [0.3, 0.4) is 0 Å². The summed E-state index contributed by atoms with van der Waals surface area (Å²) in [6, 6.07) is 6.31. The van der Waals surface area contributed by atoms with E-state index in [1.54, 1.807) is 30.5 Å². The summed E-state index contributed by atoms with van der Waals surface area (Å²) in [6.45, 7) is 6.04. The van der Waals surface area contributed by atoms with E-state index in [9.17, 15) is 13.2 Å². The number of carbonyl (C=O) groups excluding carboxylic acids is 1. The molecule has 0 unspecified atom stereocenters. The summed E-state index contributed by atoms with van der Waals surface area (Å²) in [5.41, 5.74) is 0.490. The summed E-state index contributed by atoms with van der Waals surface area (Å²) in [5, 5.41) is 0. The van der Waals surface area contributed by atoms with E-state index in [0.717, 1.165) is 12.8 Å². The lowest BCUT2D eigenvalue weighted by atomic mass is 10.1. The highest BCUT2D eigenvalue weighted by atomic mass is 32.2. The Morgan fingerprint density at radius 1 is 1.09 bits per heavy atom. The molecule has 6 heteroatoms. The van der Waals surface area contributed by atoms with E-state index in [2.05, 4.69) is 0 Å². The number of hydrogen-bond acceptors (Lipinski definition) is 3. The molecule has 1 aromatic rings. The van der Waals surface area contributed by atoms with Gasteiger partial charge in [0, 0.05) is 31.7 Å². The topological polar surface area (TPSA) is 57.7 Å². The predicted molar refractivity (Wildman–Crippen MR) is 90.8 cm³/mol. The predicted octanol–water partition coefficient (Wildman–Crippen LogP) is 2.59. The van der Waals surface area contributed by atoms with Crippen molar-refractivity contribution in [1.82, 2.24) is 9.21 Å². The van der Waals surface area contributed by atoms with Crippen LogP contribution in [0.15, 0.2) is 29.2 Å². The number of carbonyl (C=O) groups is 1. The molecular formula is C17H26N2O3S. The molecule has 0 heterocycles. The van der Waals surface area contributed by atoms with Crippen LogP contribution in [0.25, 0.3) is 0 Å². The van der Waals surface area contributed by atoms with Crippen molar-refractivity contribution in [3.05, 3.63) is 29.8 Å². The third-order valence-electron chi connectivity index (χ3n) is 4.36. The third kappa shape index (κ3) is 3.75. The maximum atomic E-state index is 13.0. The van der Waals surface area contributed by atoms with Crippen LogP contribution >= 0.6 is 0 Å². The average Bonchev–Trinajstić information content (AvgIpc) is 3.30. The van der Waals surface area contributed by atoms with Crippen molar-refractivity contribution in [2.45, 2.75) is 50.6 Å². The highest BCUT2D eigenvalue weighted by Gasteiger charge is 2.41. The Bertz CT molecular complexity index is 662. The highest BCUT2D eigenvalue weighted by molar-refractivity contribution is 7.89. The summed E-state index contributed by atoms with van der Waals surface area (Å²) in [5.74, 6) is 0.114. The standard InChI is InChI=1S/C17H26N2O3S/c1-12(2)13(3)19(15-8-9-15)23(21,22)16-10-6-14(7-11-16)17(20)18(4)5/h6-7,10-13,15H,8-9H2,1-5H3/t13-/m1/s1. The molecule has 0 aliphatic heterocycles. The number of benzene rings is 1. The fourth-order valence-electron chi connectivity index (χ4n) is 2.52. The average molecular weight is 338 g/mol. The van der Waals surface area contributed by atoms with Crippen molar-refractivity contribution in [3.8, 4) is 0 Å². The fraction of sp³-hybridized carbons (Fsp3) is 0.588. The number of amides is 1. The summed E-state index contributed by atoms with van der Waals surface area (Å²) >= 11 is 0. The summed E-state index contributed by atoms with van der Waals surface area (Å²) < 4.78 is 27.7. The van der Waals surface area contributed by atoms with Crippen LogP contribution in [0.4, 0.5) is 0 Å². The smallest absolute Gasteiger partial charge is 0.253 e. The fourth-order valence-corrected chi connectivity index (χ4v) is 4.53. The van der Waals surface area contributed by atoms with Gasteiger partial charge in [-0.15, -0.1) is 0 Å². The van der Waals surface area contributed by atoms with Gasteiger partial charge in [-0.25, -0.2) is 8.42 Å². The minimum Gasteiger partial charge on any atom is -0.345 e. The lowest BCUT2D eigenvalue weighted by Crippen LogP contribution is -2.43. The van der Waals surface area contributed by atoms with Gasteiger partial charge in [0.1, 0.15) is 0 Å². The van der Waals surface area contributed by atoms with E-state index in [4.69, 9.17) is 0 Å². The monoisotopic (exact) mass is 338 g/mol. The van der Waals surface area contributed by atoms with E-state index >= 15 is 0 Å². The largest absolute Gasteiger partial charge is 0.345 e. The van der Waals surface area contributed by atoms with Crippen molar-refractivity contribution < 1.29 is 13.2 Å². The number of sulfonamides is 1. The molecule has 1 amide bonds. The molecule has 1 atom stereocenters. The van der Waals surface area contributed by atoms with Crippen LogP contribution in [0.1, 0.15) is 44.0 Å². The molecule has 0 radical (unpaired) electrons. The molecule has 1 aromatic carbocycles. The Kier molecular flexibility index (Phi) is 5.16. The van der Waals surface area contributed by atoms with Gasteiger partial charge < -0.3 is 4.90 Å². The zero-order valence-electron chi connectivity index (χ0n) is 14.5. The molecule has 2 rings (SSSR count). The zero-order chi connectivity index (χ0) is 17.4. The van der Waals surface area contributed by atoms with E-state index in [0.29, 0.717) is 5.56 Å². The van der Waals surface area contributed by atoms with Crippen LogP contribution in [-0.2, 0) is 10.0 Å². The molecule has 0 spiro atoms. The van der Waals surface area contributed by atoms with Crippen molar-refractivity contribution in [1.29, 1.82) is 0 Å². The number of nitrogens with zero attached hydrogens (tertiary/aromatic N) is 2. The third-order valence-corrected chi connectivity index (χ3v) is 6.41. The van der Waals surface area contributed by atoms with Crippen LogP contribution in [-0.4, -0.2) is 49.7 Å². The van der Waals surface area contributed by atoms with Crippen molar-refractivity contribution in [3.63, 3.8) is 0 Å². The van der Waals surface area contributed by atoms with Gasteiger partial charge in [0.15, 0.2) is 0 Å². The first-order valence-electron chi connectivity index (χ1n) is 8.01. The van der Waals surface area contributed by atoms with Crippen LogP contribution in [0.2, 0.25) is 0 Å². The molecule has 0 bridgehead atoms. The summed E-state index contributed by atoms with van der Waals surface area (Å²) in [6.07, 6.45) is 1.85. The maximum absolute atomic E-state index is 13.0. The van der Waals surface area contributed by atoms with Gasteiger partial charge in [-0.1, -0.05) is 13.8 Å². The first kappa shape index (κ1) is 17.9. The lowest BCUT2D eigenvalue weighted by Gasteiger charge is -2.31. The summed E-state index contributed by atoms with van der Waals surface area (Å²) in [7, 11) is -0.191. The molecule has 128 valence electrons. The Morgan fingerprint density at radius 3 is 2.00 bits per heavy atom. The van der Waals surface area contributed by atoms with Crippen molar-refractivity contribution >= 4 is 15.9 Å². The molecule has 5 nitrogen and oxygen atoms in total. The molecule has 0 N–H and O–H groups in total. The quantitative estimate of drug-likeness (QED) is 0.801. The molecule has 23 heavy (non-hydrogen) atoms. The number of rotatable bonds is 6. The van der Waals surface area contributed by atoms with Gasteiger partial charge in [0.25, 0.3) is 5.91 Å². The SMILES string of the molecule is CC(C)[C@@H](C)N(C1CC1)S(=O)(=O)c1ccc(C(=O)N(C)C)cc1. The molecule has 1 aliphatic carbocycles. The van der Waals surface area contributed by atoms with Crippen molar-refractivity contribution in [2.24, 2.45) is 5.92 Å². The zero-order valence-corrected chi connectivity index (χ0v) is 15.3. The normalized spacial score (nSPS) is 16.7. The Labute approximate surface area is 139 Å². The van der Waals surface area contributed by atoms with Gasteiger partial charge >= 0.3 is 0 Å². The van der Waals surface area contributed by atoms with Crippen LogP contribution in [0, 0.1) is 5.92 Å². The minimum atomic E-state index is -3.54. The first-order valence-corrected chi connectivity index (χ1v) is 9.45. The van der Waals surface area contributed by atoms with Crippen LogP contribution < -0.4 is 0 Å². The second-order valence-corrected chi connectivity index (χ2v) is 8.62. The van der Waals surface area contributed by atoms with Gasteiger partial charge in [-0.2, -0.15) is 4.31 Å². The highest BCUT2D eigenvalue weighted by Crippen LogP contribution is 2.35.